The first-order valence-corrected chi connectivity index (χ1v) is 4.27. The normalized spacial score (nSPS) is 15.5. The molecule has 0 radical (unpaired) electrons. The Morgan fingerprint density at radius 3 is 3.27 bits per heavy atom. The fourth-order valence-electron chi connectivity index (χ4n) is 0.671. The van der Waals surface area contributed by atoms with Crippen LogP contribution < -0.4 is 5.32 Å². The lowest BCUT2D eigenvalue weighted by Gasteiger charge is -1.99. The standard InChI is InChI=1S/C6H10N2O2S/c1-2-10-6(9)11-5-7-3-4-8-5/h2-4H2,1H3,(H,7,8). The molecule has 1 N–H and O–H groups in total. The summed E-state index contributed by atoms with van der Waals surface area (Å²) in [6.45, 7) is 3.77. The van der Waals surface area contributed by atoms with Gasteiger partial charge in [-0.15, -0.1) is 0 Å². The second kappa shape index (κ2) is 4.23. The van der Waals surface area contributed by atoms with E-state index in [1.54, 1.807) is 6.92 Å². The van der Waals surface area contributed by atoms with Gasteiger partial charge in [0.25, 0.3) is 0 Å². The van der Waals surface area contributed by atoms with Gasteiger partial charge in [-0.05, 0) is 6.92 Å². The van der Waals surface area contributed by atoms with E-state index < -0.39 is 0 Å². The number of nitrogens with zero attached hydrogens (tertiary/aromatic N) is 1. The summed E-state index contributed by atoms with van der Waals surface area (Å²) in [5.74, 6) is 0. The van der Waals surface area contributed by atoms with E-state index in [9.17, 15) is 4.79 Å². The molecule has 1 heterocycles. The van der Waals surface area contributed by atoms with E-state index in [0.29, 0.717) is 11.8 Å². The fraction of sp³-hybridized carbons (Fsp3) is 0.667. The topological polar surface area (TPSA) is 50.7 Å². The molecule has 0 fully saturated rings. The number of carbonyl (C=O) groups excluding carboxylic acids is 1. The van der Waals surface area contributed by atoms with Crippen molar-refractivity contribution in [2.45, 2.75) is 6.92 Å². The molecular weight excluding hydrogens is 164 g/mol. The molecular formula is C6H10N2O2S. The van der Waals surface area contributed by atoms with E-state index >= 15 is 0 Å². The van der Waals surface area contributed by atoms with Crippen LogP contribution in [0.15, 0.2) is 4.99 Å². The largest absolute Gasteiger partial charge is 0.458 e. The van der Waals surface area contributed by atoms with Crippen molar-refractivity contribution < 1.29 is 9.53 Å². The van der Waals surface area contributed by atoms with Gasteiger partial charge in [-0.2, -0.15) is 0 Å². The molecule has 0 aromatic rings. The molecule has 0 bridgehead atoms. The Bertz CT molecular complexity index is 181. The molecule has 5 heteroatoms. The van der Waals surface area contributed by atoms with Crippen LogP contribution >= 0.6 is 11.8 Å². The number of thioether (sulfide) groups is 1. The predicted octanol–water partition coefficient (Wildman–Crippen LogP) is 0.835. The van der Waals surface area contributed by atoms with Gasteiger partial charge in [0.15, 0.2) is 5.17 Å². The van der Waals surface area contributed by atoms with Crippen molar-refractivity contribution in [2.75, 3.05) is 19.7 Å². The highest BCUT2D eigenvalue weighted by Gasteiger charge is 2.11. The van der Waals surface area contributed by atoms with E-state index in [-0.39, 0.29) is 5.30 Å². The van der Waals surface area contributed by atoms with Crippen LogP contribution in [-0.2, 0) is 4.74 Å². The van der Waals surface area contributed by atoms with Crippen LogP contribution in [0, 0.1) is 0 Å². The minimum Gasteiger partial charge on any atom is -0.458 e. The highest BCUT2D eigenvalue weighted by Crippen LogP contribution is 2.08. The first kappa shape index (κ1) is 8.39. The van der Waals surface area contributed by atoms with Crippen LogP contribution in [0.25, 0.3) is 0 Å². The summed E-state index contributed by atoms with van der Waals surface area (Å²) >= 11 is 1.01. The lowest BCUT2D eigenvalue weighted by atomic mass is 10.7. The SMILES string of the molecule is CCOC(=O)SC1=NCCN1. The maximum atomic E-state index is 10.8. The van der Waals surface area contributed by atoms with Gasteiger partial charge in [-0.3, -0.25) is 4.99 Å². The van der Waals surface area contributed by atoms with Crippen LogP contribution in [0.1, 0.15) is 6.92 Å². The molecule has 1 aliphatic rings. The average Bonchev–Trinajstić information content (AvgIpc) is 2.40. The van der Waals surface area contributed by atoms with Crippen molar-refractivity contribution in [1.82, 2.24) is 5.32 Å². The Balaban J connectivity index is 2.24. The van der Waals surface area contributed by atoms with Crippen LogP contribution in [0.5, 0.6) is 0 Å². The summed E-state index contributed by atoms with van der Waals surface area (Å²) in [6.07, 6.45) is 0. The maximum Gasteiger partial charge on any atom is 0.375 e. The molecule has 0 spiro atoms. The van der Waals surface area contributed by atoms with Crippen molar-refractivity contribution in [3.05, 3.63) is 0 Å². The Morgan fingerprint density at radius 2 is 2.73 bits per heavy atom. The van der Waals surface area contributed by atoms with Crippen molar-refractivity contribution in [3.63, 3.8) is 0 Å². The van der Waals surface area contributed by atoms with Gasteiger partial charge >= 0.3 is 5.30 Å². The Labute approximate surface area is 69.4 Å². The number of carbonyl (C=O) groups is 1. The van der Waals surface area contributed by atoms with Crippen LogP contribution in [-0.4, -0.2) is 30.2 Å². The summed E-state index contributed by atoms with van der Waals surface area (Å²) in [7, 11) is 0. The van der Waals surface area contributed by atoms with Crippen molar-refractivity contribution in [2.24, 2.45) is 4.99 Å². The number of aliphatic imine (C=N–C) groups is 1. The first-order valence-electron chi connectivity index (χ1n) is 3.46. The monoisotopic (exact) mass is 174 g/mol. The van der Waals surface area contributed by atoms with E-state index in [2.05, 4.69) is 10.3 Å². The van der Waals surface area contributed by atoms with Gasteiger partial charge in [0.1, 0.15) is 0 Å². The third-order valence-corrected chi connectivity index (χ3v) is 1.84. The lowest BCUT2D eigenvalue weighted by molar-refractivity contribution is 0.182. The predicted molar refractivity (Wildman–Crippen MR) is 44.9 cm³/mol. The van der Waals surface area contributed by atoms with Crippen LogP contribution in [0.3, 0.4) is 0 Å². The molecule has 0 aromatic heterocycles. The van der Waals surface area contributed by atoms with Gasteiger partial charge in [0.2, 0.25) is 0 Å². The number of rotatable bonds is 1. The third kappa shape index (κ3) is 2.80. The zero-order valence-corrected chi connectivity index (χ0v) is 7.11. The fourth-order valence-corrected chi connectivity index (χ4v) is 1.34. The molecule has 1 aliphatic heterocycles. The molecule has 0 amide bonds. The Hall–Kier alpha value is -0.710. The van der Waals surface area contributed by atoms with Gasteiger partial charge in [-0.25, -0.2) is 4.79 Å². The minimum atomic E-state index is -0.291. The summed E-state index contributed by atoms with van der Waals surface area (Å²) < 4.78 is 4.71. The zero-order valence-electron chi connectivity index (χ0n) is 6.29. The highest BCUT2D eigenvalue weighted by molar-refractivity contribution is 8.26. The number of ether oxygens (including phenoxy) is 1. The lowest BCUT2D eigenvalue weighted by Crippen LogP contribution is -2.17. The number of hydrogen-bond donors (Lipinski definition) is 1. The molecule has 11 heavy (non-hydrogen) atoms. The number of hydrogen-bond acceptors (Lipinski definition) is 5. The van der Waals surface area contributed by atoms with E-state index in [0.717, 1.165) is 24.9 Å². The summed E-state index contributed by atoms with van der Waals surface area (Å²) in [4.78, 5) is 14.8. The summed E-state index contributed by atoms with van der Waals surface area (Å²) in [5.41, 5.74) is 0. The van der Waals surface area contributed by atoms with E-state index in [4.69, 9.17) is 4.74 Å². The van der Waals surface area contributed by atoms with Gasteiger partial charge in [0, 0.05) is 18.3 Å². The molecule has 0 atom stereocenters. The van der Waals surface area contributed by atoms with E-state index in [1.165, 1.54) is 0 Å². The van der Waals surface area contributed by atoms with E-state index in [1.807, 2.05) is 0 Å². The molecule has 0 unspecified atom stereocenters. The summed E-state index contributed by atoms with van der Waals surface area (Å²) in [6, 6.07) is 0. The van der Waals surface area contributed by atoms with Crippen LogP contribution in [0.2, 0.25) is 0 Å². The van der Waals surface area contributed by atoms with Gasteiger partial charge < -0.3 is 10.1 Å². The number of nitrogens with one attached hydrogen (secondary N) is 1. The van der Waals surface area contributed by atoms with Crippen LogP contribution in [0.4, 0.5) is 4.79 Å². The van der Waals surface area contributed by atoms with Gasteiger partial charge in [-0.1, -0.05) is 0 Å². The second-order valence-corrected chi connectivity index (χ2v) is 2.82. The van der Waals surface area contributed by atoms with Gasteiger partial charge in [0.05, 0.1) is 13.2 Å². The number of amidine groups is 1. The zero-order chi connectivity index (χ0) is 8.10. The third-order valence-electron chi connectivity index (χ3n) is 1.09. The molecule has 4 nitrogen and oxygen atoms in total. The second-order valence-electron chi connectivity index (χ2n) is 1.90. The average molecular weight is 174 g/mol. The maximum absolute atomic E-state index is 10.8. The molecule has 1 rings (SSSR count). The van der Waals surface area contributed by atoms with Crippen molar-refractivity contribution in [1.29, 1.82) is 0 Å². The molecule has 62 valence electrons. The first-order chi connectivity index (χ1) is 5.33. The Morgan fingerprint density at radius 1 is 1.91 bits per heavy atom. The summed E-state index contributed by atoms with van der Waals surface area (Å²) in [5, 5.41) is 3.34. The molecule has 0 saturated heterocycles. The Kier molecular flexibility index (Phi) is 3.22. The van der Waals surface area contributed by atoms with Crippen molar-refractivity contribution >= 4 is 22.2 Å². The molecule has 0 aromatic carbocycles. The highest BCUT2D eigenvalue weighted by atomic mass is 32.2. The minimum absolute atomic E-state index is 0.291. The quantitative estimate of drug-likeness (QED) is 0.598. The molecule has 0 aliphatic carbocycles. The van der Waals surface area contributed by atoms with Crippen molar-refractivity contribution in [3.8, 4) is 0 Å². The smallest absolute Gasteiger partial charge is 0.375 e. The molecule has 0 saturated carbocycles.